The Balaban J connectivity index is 3.17. The number of aryl methyl sites for hydroxylation is 1. The molecule has 0 saturated carbocycles. The summed E-state index contributed by atoms with van der Waals surface area (Å²) in [5.74, 6) is -0.521. The van der Waals surface area contributed by atoms with Crippen LogP contribution in [0.2, 0.25) is 0 Å². The Morgan fingerprint density at radius 3 is 2.47 bits per heavy atom. The minimum absolute atomic E-state index is 0.100. The van der Waals surface area contributed by atoms with Crippen molar-refractivity contribution in [2.75, 3.05) is 0 Å². The first kappa shape index (κ1) is 13.5. The van der Waals surface area contributed by atoms with Crippen LogP contribution in [0.4, 0.5) is 0 Å². The van der Waals surface area contributed by atoms with Gasteiger partial charge in [-0.15, -0.1) is 0 Å². The van der Waals surface area contributed by atoms with Gasteiger partial charge in [-0.2, -0.15) is 0 Å². The molecule has 0 fully saturated rings. The van der Waals surface area contributed by atoms with Crippen LogP contribution in [-0.4, -0.2) is 16.2 Å². The van der Waals surface area contributed by atoms with Crippen LogP contribution in [0, 0.1) is 12.8 Å². The monoisotopic (exact) mass is 237 g/mol. The summed E-state index contributed by atoms with van der Waals surface area (Å²) in [4.78, 5) is 10.9. The predicted octanol–water partition coefficient (Wildman–Crippen LogP) is 2.44. The van der Waals surface area contributed by atoms with E-state index in [-0.39, 0.29) is 17.4 Å². The Labute approximate surface area is 101 Å². The zero-order chi connectivity index (χ0) is 13.2. The summed E-state index contributed by atoms with van der Waals surface area (Å²) in [6.45, 7) is 5.74. The molecule has 0 saturated heterocycles. The summed E-state index contributed by atoms with van der Waals surface area (Å²) < 4.78 is 0. The number of hydrogen-bond donors (Lipinski definition) is 3. The molecule has 0 aromatic heterocycles. The predicted molar refractivity (Wildman–Crippen MR) is 66.2 cm³/mol. The summed E-state index contributed by atoms with van der Waals surface area (Å²) in [7, 11) is 0. The highest BCUT2D eigenvalue weighted by Gasteiger charge is 2.17. The normalized spacial score (nSPS) is 12.8. The molecule has 94 valence electrons. The molecule has 17 heavy (non-hydrogen) atoms. The van der Waals surface area contributed by atoms with Crippen molar-refractivity contribution in [3.8, 4) is 5.75 Å². The SMILES string of the molecule is Cc1cc(C(=O)O)cc([C@H](N)CC(C)C)c1O. The lowest BCUT2D eigenvalue weighted by Gasteiger charge is -2.17. The average Bonchev–Trinajstić information content (AvgIpc) is 2.20. The van der Waals surface area contributed by atoms with Gasteiger partial charge >= 0.3 is 5.97 Å². The second-order valence-corrected chi connectivity index (χ2v) is 4.77. The van der Waals surface area contributed by atoms with Crippen LogP contribution in [0.25, 0.3) is 0 Å². The van der Waals surface area contributed by atoms with Crippen molar-refractivity contribution in [2.45, 2.75) is 33.2 Å². The zero-order valence-corrected chi connectivity index (χ0v) is 10.4. The molecule has 1 aromatic rings. The second kappa shape index (κ2) is 5.19. The standard InChI is InChI=1S/C13H19NO3/c1-7(2)4-11(14)10-6-9(13(16)17)5-8(3)12(10)15/h5-7,11,15H,4,14H2,1-3H3,(H,16,17)/t11-/m1/s1. The van der Waals surface area contributed by atoms with Crippen LogP contribution in [0.15, 0.2) is 12.1 Å². The first-order valence-corrected chi connectivity index (χ1v) is 5.65. The fourth-order valence-corrected chi connectivity index (χ4v) is 1.85. The third kappa shape index (κ3) is 3.20. The number of benzene rings is 1. The van der Waals surface area contributed by atoms with Crippen molar-refractivity contribution in [1.82, 2.24) is 0 Å². The number of rotatable bonds is 4. The summed E-state index contributed by atoms with van der Waals surface area (Å²) in [6.07, 6.45) is 0.704. The topological polar surface area (TPSA) is 83.5 Å². The van der Waals surface area contributed by atoms with Crippen LogP contribution < -0.4 is 5.73 Å². The molecule has 4 heteroatoms. The molecular formula is C13H19NO3. The summed E-state index contributed by atoms with van der Waals surface area (Å²) >= 11 is 0. The highest BCUT2D eigenvalue weighted by atomic mass is 16.4. The van der Waals surface area contributed by atoms with E-state index >= 15 is 0 Å². The molecule has 0 aliphatic rings. The van der Waals surface area contributed by atoms with Gasteiger partial charge in [0.05, 0.1) is 5.56 Å². The molecule has 1 rings (SSSR count). The first-order chi connectivity index (χ1) is 7.82. The Hall–Kier alpha value is -1.55. The molecule has 1 aromatic carbocycles. The molecule has 0 aliphatic heterocycles. The summed E-state index contributed by atoms with van der Waals surface area (Å²) in [5.41, 5.74) is 7.19. The molecule has 0 spiro atoms. The lowest BCUT2D eigenvalue weighted by Crippen LogP contribution is -2.14. The average molecular weight is 237 g/mol. The fourth-order valence-electron chi connectivity index (χ4n) is 1.85. The Morgan fingerprint density at radius 2 is 2.00 bits per heavy atom. The van der Waals surface area contributed by atoms with Gasteiger partial charge in [0.2, 0.25) is 0 Å². The number of nitrogens with two attached hydrogens (primary N) is 1. The van der Waals surface area contributed by atoms with Gasteiger partial charge in [-0.05, 0) is 37.0 Å². The lowest BCUT2D eigenvalue weighted by molar-refractivity contribution is 0.0696. The van der Waals surface area contributed by atoms with Crippen LogP contribution in [0.5, 0.6) is 5.75 Å². The van der Waals surface area contributed by atoms with E-state index in [0.717, 1.165) is 0 Å². The minimum Gasteiger partial charge on any atom is -0.507 e. The minimum atomic E-state index is -1.01. The third-order valence-electron chi connectivity index (χ3n) is 2.70. The number of carboxylic acid groups (broad SMARTS) is 1. The number of phenols is 1. The van der Waals surface area contributed by atoms with Gasteiger partial charge in [0, 0.05) is 11.6 Å². The molecule has 0 unspecified atom stereocenters. The van der Waals surface area contributed by atoms with Crippen molar-refractivity contribution >= 4 is 5.97 Å². The molecule has 0 aliphatic carbocycles. The quantitative estimate of drug-likeness (QED) is 0.751. The maximum atomic E-state index is 10.9. The molecule has 0 heterocycles. The first-order valence-electron chi connectivity index (χ1n) is 5.65. The maximum Gasteiger partial charge on any atom is 0.335 e. The van der Waals surface area contributed by atoms with Gasteiger partial charge in [-0.25, -0.2) is 4.79 Å². The van der Waals surface area contributed by atoms with Crippen molar-refractivity contribution in [3.63, 3.8) is 0 Å². The Bertz CT molecular complexity index is 427. The van der Waals surface area contributed by atoms with Gasteiger partial charge < -0.3 is 15.9 Å². The van der Waals surface area contributed by atoms with E-state index in [4.69, 9.17) is 10.8 Å². The maximum absolute atomic E-state index is 10.9. The number of carboxylic acids is 1. The molecule has 1 atom stereocenters. The molecular weight excluding hydrogens is 218 g/mol. The van der Waals surface area contributed by atoms with E-state index in [0.29, 0.717) is 23.5 Å². The Kier molecular flexibility index (Phi) is 4.12. The zero-order valence-electron chi connectivity index (χ0n) is 10.4. The smallest absolute Gasteiger partial charge is 0.335 e. The van der Waals surface area contributed by atoms with Crippen LogP contribution in [0.3, 0.4) is 0 Å². The van der Waals surface area contributed by atoms with Crippen LogP contribution in [-0.2, 0) is 0 Å². The van der Waals surface area contributed by atoms with E-state index in [9.17, 15) is 9.90 Å². The van der Waals surface area contributed by atoms with Crippen LogP contribution in [0.1, 0.15) is 47.8 Å². The van der Waals surface area contributed by atoms with E-state index in [1.54, 1.807) is 6.92 Å². The van der Waals surface area contributed by atoms with E-state index in [1.165, 1.54) is 12.1 Å². The second-order valence-electron chi connectivity index (χ2n) is 4.77. The molecule has 0 amide bonds. The summed E-state index contributed by atoms with van der Waals surface area (Å²) in [5, 5.41) is 18.9. The van der Waals surface area contributed by atoms with Crippen molar-refractivity contribution in [2.24, 2.45) is 11.7 Å². The van der Waals surface area contributed by atoms with Gasteiger partial charge in [0.15, 0.2) is 0 Å². The van der Waals surface area contributed by atoms with Crippen molar-refractivity contribution in [3.05, 3.63) is 28.8 Å². The fraction of sp³-hybridized carbons (Fsp3) is 0.462. The van der Waals surface area contributed by atoms with Crippen molar-refractivity contribution < 1.29 is 15.0 Å². The van der Waals surface area contributed by atoms with Gasteiger partial charge in [0.1, 0.15) is 5.75 Å². The van der Waals surface area contributed by atoms with Gasteiger partial charge in [0.25, 0.3) is 0 Å². The number of aromatic hydroxyl groups is 1. The number of carbonyl (C=O) groups is 1. The number of phenolic OH excluding ortho intramolecular Hbond substituents is 1. The number of aromatic carboxylic acids is 1. The largest absolute Gasteiger partial charge is 0.507 e. The van der Waals surface area contributed by atoms with Crippen LogP contribution >= 0.6 is 0 Å². The number of hydrogen-bond acceptors (Lipinski definition) is 3. The Morgan fingerprint density at radius 1 is 1.41 bits per heavy atom. The highest BCUT2D eigenvalue weighted by molar-refractivity contribution is 5.88. The lowest BCUT2D eigenvalue weighted by atomic mass is 9.94. The molecule has 4 nitrogen and oxygen atoms in total. The highest BCUT2D eigenvalue weighted by Crippen LogP contribution is 2.31. The van der Waals surface area contributed by atoms with Gasteiger partial charge in [-0.1, -0.05) is 13.8 Å². The molecule has 4 N–H and O–H groups in total. The molecule has 0 bridgehead atoms. The van der Waals surface area contributed by atoms with E-state index in [1.807, 2.05) is 13.8 Å². The van der Waals surface area contributed by atoms with Gasteiger partial charge in [-0.3, -0.25) is 0 Å². The van der Waals surface area contributed by atoms with E-state index in [2.05, 4.69) is 0 Å². The third-order valence-corrected chi connectivity index (χ3v) is 2.70. The molecule has 0 radical (unpaired) electrons. The summed E-state index contributed by atoms with van der Waals surface area (Å²) in [6, 6.07) is 2.56. The van der Waals surface area contributed by atoms with E-state index < -0.39 is 5.97 Å². The van der Waals surface area contributed by atoms with Crippen molar-refractivity contribution in [1.29, 1.82) is 0 Å².